The lowest BCUT2D eigenvalue weighted by molar-refractivity contribution is 0.237. The second-order valence-electron chi connectivity index (χ2n) is 4.21. The molecule has 1 saturated heterocycles. The summed E-state index contributed by atoms with van der Waals surface area (Å²) in [6, 6.07) is 7.09. The summed E-state index contributed by atoms with van der Waals surface area (Å²) < 4.78 is 25.1. The van der Waals surface area contributed by atoms with Crippen molar-refractivity contribution in [3.8, 4) is 0 Å². The van der Waals surface area contributed by atoms with Crippen molar-refractivity contribution in [1.29, 1.82) is 0 Å². The van der Waals surface area contributed by atoms with Gasteiger partial charge in [0.05, 0.1) is 4.90 Å². The van der Waals surface area contributed by atoms with E-state index in [1.807, 2.05) is 12.1 Å². The maximum Gasteiger partial charge on any atom is 0.268 e. The van der Waals surface area contributed by atoms with E-state index in [-0.39, 0.29) is 0 Å². The second kappa shape index (κ2) is 3.06. The first-order valence-electron chi connectivity index (χ1n) is 5.47. The lowest BCUT2D eigenvalue weighted by Crippen LogP contribution is -2.11. The third kappa shape index (κ3) is 1.08. The highest BCUT2D eigenvalue weighted by Gasteiger charge is 2.69. The summed E-state index contributed by atoms with van der Waals surface area (Å²) in [6.07, 6.45) is 2.72. The molecule has 2 aliphatic heterocycles. The number of benzene rings is 1. The van der Waals surface area contributed by atoms with Crippen LogP contribution in [-0.2, 0) is 20.6 Å². The van der Waals surface area contributed by atoms with Crippen molar-refractivity contribution in [2.75, 3.05) is 0 Å². The van der Waals surface area contributed by atoms with Gasteiger partial charge in [0.1, 0.15) is 0 Å². The molecule has 0 aromatic heterocycles. The molecule has 86 valence electrons. The number of hydrogen-bond acceptors (Lipinski definition) is 3. The number of unbranched alkanes of at least 4 members (excludes halogenated alkanes) is 1. The van der Waals surface area contributed by atoms with Crippen molar-refractivity contribution >= 4 is 10.0 Å². The quantitative estimate of drug-likeness (QED) is 0.758. The molecular weight excluding hydrogens is 226 g/mol. The molecule has 1 fully saturated rings. The molecule has 16 heavy (non-hydrogen) atoms. The van der Waals surface area contributed by atoms with E-state index in [2.05, 4.69) is 6.92 Å². The summed E-state index contributed by atoms with van der Waals surface area (Å²) in [7, 11) is -3.39. The lowest BCUT2D eigenvalue weighted by atomic mass is 10.00. The highest BCUT2D eigenvalue weighted by molar-refractivity contribution is 7.89. The fourth-order valence-electron chi connectivity index (χ4n) is 2.30. The van der Waals surface area contributed by atoms with Crippen molar-refractivity contribution in [2.24, 2.45) is 0 Å². The Bertz CT molecular complexity index is 540. The van der Waals surface area contributed by atoms with Crippen molar-refractivity contribution in [1.82, 2.24) is 4.47 Å². The summed E-state index contributed by atoms with van der Waals surface area (Å²) >= 11 is 0. The molecule has 5 heteroatoms. The van der Waals surface area contributed by atoms with Crippen LogP contribution in [0.5, 0.6) is 0 Å². The third-order valence-electron chi connectivity index (χ3n) is 3.17. The van der Waals surface area contributed by atoms with Crippen LogP contribution in [0.25, 0.3) is 0 Å². The van der Waals surface area contributed by atoms with Crippen LogP contribution >= 0.6 is 0 Å². The fourth-order valence-corrected chi connectivity index (χ4v) is 4.03. The highest BCUT2D eigenvalue weighted by Crippen LogP contribution is 2.59. The summed E-state index contributed by atoms with van der Waals surface area (Å²) in [5, 5.41) is 0. The number of rotatable bonds is 3. The van der Waals surface area contributed by atoms with E-state index in [0.717, 1.165) is 29.3 Å². The van der Waals surface area contributed by atoms with Crippen LogP contribution in [0.3, 0.4) is 0 Å². The van der Waals surface area contributed by atoms with E-state index < -0.39 is 15.7 Å². The van der Waals surface area contributed by atoms with Crippen LogP contribution < -0.4 is 0 Å². The molecule has 4 nitrogen and oxygen atoms in total. The molecule has 1 aromatic rings. The Morgan fingerprint density at radius 3 is 2.88 bits per heavy atom. The zero-order valence-electron chi connectivity index (χ0n) is 9.01. The molecule has 2 heterocycles. The summed E-state index contributed by atoms with van der Waals surface area (Å²) in [6.45, 7) is 2.08. The number of sulfonamides is 1. The Labute approximate surface area is 94.8 Å². The van der Waals surface area contributed by atoms with Gasteiger partial charge in [0, 0.05) is 5.56 Å². The molecule has 0 saturated carbocycles. The molecule has 2 unspecified atom stereocenters. The summed E-state index contributed by atoms with van der Waals surface area (Å²) in [5.74, 6) is 0. The molecule has 0 bridgehead atoms. The van der Waals surface area contributed by atoms with E-state index in [9.17, 15) is 8.42 Å². The minimum atomic E-state index is -3.39. The molecular formula is C11H13NO3S. The van der Waals surface area contributed by atoms with Crippen LogP contribution in [0.4, 0.5) is 0 Å². The van der Waals surface area contributed by atoms with Gasteiger partial charge in [-0.05, 0) is 23.4 Å². The van der Waals surface area contributed by atoms with Crippen molar-refractivity contribution in [2.45, 2.75) is 36.8 Å². The Morgan fingerprint density at radius 1 is 1.38 bits per heavy atom. The average molecular weight is 239 g/mol. The predicted molar refractivity (Wildman–Crippen MR) is 57.8 cm³/mol. The lowest BCUT2D eigenvalue weighted by Gasteiger charge is -2.06. The molecule has 2 aliphatic rings. The number of hydrogen-bond donors (Lipinski definition) is 0. The Hall–Kier alpha value is -0.910. The van der Waals surface area contributed by atoms with Gasteiger partial charge in [0.15, 0.2) is 0 Å². The summed E-state index contributed by atoms with van der Waals surface area (Å²) in [5.41, 5.74) is 0.120. The van der Waals surface area contributed by atoms with E-state index in [1.165, 1.54) is 0 Å². The Morgan fingerprint density at radius 2 is 2.12 bits per heavy atom. The Kier molecular flexibility index (Phi) is 1.96. The number of nitrogens with zero attached hydrogens (tertiary/aromatic N) is 1. The molecule has 0 aliphatic carbocycles. The first-order chi connectivity index (χ1) is 7.63. The van der Waals surface area contributed by atoms with Crippen LogP contribution in [-0.4, -0.2) is 12.9 Å². The minimum Gasteiger partial charge on any atom is -0.250 e. The van der Waals surface area contributed by atoms with E-state index in [1.54, 1.807) is 12.1 Å². The second-order valence-corrected chi connectivity index (χ2v) is 5.93. The fraction of sp³-hybridized carbons (Fsp3) is 0.455. The largest absolute Gasteiger partial charge is 0.268 e. The van der Waals surface area contributed by atoms with Crippen molar-refractivity contribution in [3.63, 3.8) is 0 Å². The zero-order valence-corrected chi connectivity index (χ0v) is 9.83. The molecule has 1 aromatic carbocycles. The van der Waals surface area contributed by atoms with E-state index in [0.29, 0.717) is 4.90 Å². The van der Waals surface area contributed by atoms with Gasteiger partial charge in [-0.2, -0.15) is 0 Å². The van der Waals surface area contributed by atoms with Crippen molar-refractivity contribution < 1.29 is 13.3 Å². The first kappa shape index (κ1) is 10.3. The third-order valence-corrected chi connectivity index (χ3v) is 4.89. The minimum absolute atomic E-state index is 0.400. The van der Waals surface area contributed by atoms with E-state index in [4.69, 9.17) is 4.84 Å². The molecule has 0 radical (unpaired) electrons. The van der Waals surface area contributed by atoms with Crippen LogP contribution in [0, 0.1) is 0 Å². The van der Waals surface area contributed by atoms with E-state index >= 15 is 0 Å². The van der Waals surface area contributed by atoms with Crippen LogP contribution in [0.2, 0.25) is 0 Å². The molecule has 0 spiro atoms. The van der Waals surface area contributed by atoms with Crippen LogP contribution in [0.15, 0.2) is 29.2 Å². The Balaban J connectivity index is 2.10. The predicted octanol–water partition coefficient (Wildman–Crippen LogP) is 1.98. The van der Waals surface area contributed by atoms with Gasteiger partial charge in [-0.3, -0.25) is 0 Å². The van der Waals surface area contributed by atoms with Crippen molar-refractivity contribution in [3.05, 3.63) is 29.8 Å². The molecule has 2 atom stereocenters. The van der Waals surface area contributed by atoms with Gasteiger partial charge in [-0.25, -0.2) is 13.3 Å². The maximum atomic E-state index is 12.0. The average Bonchev–Trinajstić information content (AvgIpc) is 2.99. The smallest absolute Gasteiger partial charge is 0.250 e. The monoisotopic (exact) mass is 239 g/mol. The van der Waals surface area contributed by atoms with Gasteiger partial charge < -0.3 is 0 Å². The highest BCUT2D eigenvalue weighted by atomic mass is 32.2. The normalized spacial score (nSPS) is 33.2. The van der Waals surface area contributed by atoms with Crippen LogP contribution in [0.1, 0.15) is 31.7 Å². The zero-order chi connectivity index (χ0) is 11.4. The standard InChI is InChI=1S/C11H13NO3S/c1-2-3-8-11-9-6-4-5-7-10(9)16(13,14)12(11)15-11/h4-7H,2-3,8H2,1H3. The molecule has 0 N–H and O–H groups in total. The SMILES string of the molecule is CCCCC12ON1S(=O)(=O)c1ccccc12. The van der Waals surface area contributed by atoms with Gasteiger partial charge >= 0.3 is 0 Å². The number of hydroxylamine groups is 1. The topological polar surface area (TPSA) is 49.7 Å². The molecule has 0 amide bonds. The summed E-state index contributed by atoms with van der Waals surface area (Å²) in [4.78, 5) is 5.73. The number of fused-ring (bicyclic) bond motifs is 3. The first-order valence-corrected chi connectivity index (χ1v) is 6.91. The molecule has 3 rings (SSSR count). The van der Waals surface area contributed by atoms with Gasteiger partial charge in [-0.1, -0.05) is 31.5 Å². The van der Waals surface area contributed by atoms with Gasteiger partial charge in [0.25, 0.3) is 10.0 Å². The maximum absolute atomic E-state index is 12.0. The van der Waals surface area contributed by atoms with Gasteiger partial charge in [-0.15, -0.1) is 0 Å². The van der Waals surface area contributed by atoms with Gasteiger partial charge in [0.2, 0.25) is 5.72 Å².